The lowest BCUT2D eigenvalue weighted by molar-refractivity contribution is -0.0302. The fourth-order valence-corrected chi connectivity index (χ4v) is 5.29. The summed E-state index contributed by atoms with van der Waals surface area (Å²) in [5.41, 5.74) is 0.191. The van der Waals surface area contributed by atoms with Crippen molar-refractivity contribution in [2.24, 2.45) is 35.0 Å². The molecule has 92 valence electrons. The number of hydrogen-bond acceptors (Lipinski definition) is 1. The average Bonchev–Trinajstić information content (AvgIpc) is 2.51. The van der Waals surface area contributed by atoms with Gasteiger partial charge in [-0.15, -0.1) is 0 Å². The van der Waals surface area contributed by atoms with E-state index in [1.807, 2.05) is 0 Å². The second-order valence-electron chi connectivity index (χ2n) is 7.59. The van der Waals surface area contributed by atoms with Crippen molar-refractivity contribution in [3.05, 3.63) is 0 Å². The van der Waals surface area contributed by atoms with Crippen LogP contribution in [-0.4, -0.2) is 10.7 Å². The van der Waals surface area contributed by atoms with Gasteiger partial charge >= 0.3 is 0 Å². The van der Waals surface area contributed by atoms with E-state index in [4.69, 9.17) is 0 Å². The van der Waals surface area contributed by atoms with Crippen LogP contribution in [0.25, 0.3) is 0 Å². The molecule has 0 aromatic carbocycles. The Bertz CT molecular complexity index is 305. The van der Waals surface area contributed by atoms with E-state index < -0.39 is 0 Å². The standard InChI is InChI=1S/C15H26O/c1-9-5-6-10-12(9)13-11(14(13,2)3)7-8-15(10,4)16/h9-13,16H,5-8H2,1-4H3/t9?,10?,11-,12?,13-,15-/m0/s1. The minimum atomic E-state index is -0.376. The number of rotatable bonds is 0. The zero-order chi connectivity index (χ0) is 11.7. The van der Waals surface area contributed by atoms with Crippen LogP contribution < -0.4 is 0 Å². The fourth-order valence-electron chi connectivity index (χ4n) is 5.29. The lowest BCUT2D eigenvalue weighted by Gasteiger charge is -2.35. The van der Waals surface area contributed by atoms with Crippen molar-refractivity contribution in [2.75, 3.05) is 0 Å². The molecule has 0 bridgehead atoms. The Labute approximate surface area is 99.6 Å². The summed E-state index contributed by atoms with van der Waals surface area (Å²) < 4.78 is 0. The van der Waals surface area contributed by atoms with Crippen molar-refractivity contribution in [2.45, 2.75) is 59.0 Å². The van der Waals surface area contributed by atoms with E-state index in [2.05, 4.69) is 27.7 Å². The molecule has 1 heteroatoms. The lowest BCUT2D eigenvalue weighted by Crippen LogP contribution is -2.38. The van der Waals surface area contributed by atoms with Gasteiger partial charge in [-0.3, -0.25) is 0 Å². The van der Waals surface area contributed by atoms with Gasteiger partial charge in [0.05, 0.1) is 5.60 Å². The zero-order valence-corrected chi connectivity index (χ0v) is 11.2. The van der Waals surface area contributed by atoms with Crippen molar-refractivity contribution in [3.8, 4) is 0 Å². The lowest BCUT2D eigenvalue weighted by atomic mass is 9.74. The van der Waals surface area contributed by atoms with Crippen molar-refractivity contribution < 1.29 is 5.11 Å². The summed E-state index contributed by atoms with van der Waals surface area (Å²) in [6.07, 6.45) is 4.89. The van der Waals surface area contributed by atoms with Crippen molar-refractivity contribution in [1.29, 1.82) is 0 Å². The van der Waals surface area contributed by atoms with Crippen LogP contribution in [0.2, 0.25) is 0 Å². The molecule has 1 N–H and O–H groups in total. The molecule has 0 amide bonds. The molecule has 3 rings (SSSR count). The van der Waals surface area contributed by atoms with Crippen LogP contribution in [0.3, 0.4) is 0 Å². The summed E-state index contributed by atoms with van der Waals surface area (Å²) in [4.78, 5) is 0. The quantitative estimate of drug-likeness (QED) is 0.665. The highest BCUT2D eigenvalue weighted by atomic mass is 16.3. The van der Waals surface area contributed by atoms with Gasteiger partial charge in [-0.05, 0) is 61.2 Å². The first-order valence-corrected chi connectivity index (χ1v) is 7.08. The third-order valence-electron chi connectivity index (χ3n) is 6.37. The van der Waals surface area contributed by atoms with Gasteiger partial charge in [0.1, 0.15) is 0 Å². The van der Waals surface area contributed by atoms with Crippen LogP contribution in [0, 0.1) is 35.0 Å². The molecule has 16 heavy (non-hydrogen) atoms. The first-order chi connectivity index (χ1) is 7.36. The number of hydrogen-bond donors (Lipinski definition) is 1. The van der Waals surface area contributed by atoms with E-state index in [1.165, 1.54) is 19.3 Å². The first kappa shape index (κ1) is 11.1. The van der Waals surface area contributed by atoms with E-state index in [1.54, 1.807) is 0 Å². The molecule has 6 atom stereocenters. The van der Waals surface area contributed by atoms with Crippen LogP contribution in [0.4, 0.5) is 0 Å². The molecule has 0 spiro atoms. The molecule has 3 aliphatic rings. The maximum absolute atomic E-state index is 10.7. The highest BCUT2D eigenvalue weighted by Crippen LogP contribution is 2.71. The summed E-state index contributed by atoms with van der Waals surface area (Å²) >= 11 is 0. The zero-order valence-electron chi connectivity index (χ0n) is 11.2. The molecule has 0 radical (unpaired) electrons. The minimum Gasteiger partial charge on any atom is -0.390 e. The third-order valence-corrected chi connectivity index (χ3v) is 6.37. The van der Waals surface area contributed by atoms with Crippen LogP contribution in [0.5, 0.6) is 0 Å². The molecule has 3 saturated carbocycles. The second-order valence-corrected chi connectivity index (χ2v) is 7.59. The molecule has 3 unspecified atom stereocenters. The highest BCUT2D eigenvalue weighted by Gasteiger charge is 2.66. The third kappa shape index (κ3) is 1.27. The summed E-state index contributed by atoms with van der Waals surface area (Å²) in [7, 11) is 0. The summed E-state index contributed by atoms with van der Waals surface area (Å²) in [5.74, 6) is 4.03. The highest BCUT2D eigenvalue weighted by molar-refractivity contribution is 5.14. The molecule has 3 aliphatic carbocycles. The normalized spacial score (nSPS) is 58.7. The topological polar surface area (TPSA) is 20.2 Å². The van der Waals surface area contributed by atoms with Gasteiger partial charge in [0.25, 0.3) is 0 Å². The van der Waals surface area contributed by atoms with E-state index >= 15 is 0 Å². The maximum Gasteiger partial charge on any atom is 0.0650 e. The minimum absolute atomic E-state index is 0.376. The summed E-state index contributed by atoms with van der Waals surface area (Å²) in [6.45, 7) is 9.41. The summed E-state index contributed by atoms with van der Waals surface area (Å²) in [5, 5.41) is 10.7. The monoisotopic (exact) mass is 222 g/mol. The van der Waals surface area contributed by atoms with Gasteiger partial charge in [-0.1, -0.05) is 27.2 Å². The molecular formula is C15H26O. The van der Waals surface area contributed by atoms with Gasteiger partial charge in [-0.25, -0.2) is 0 Å². The summed E-state index contributed by atoms with van der Waals surface area (Å²) in [6, 6.07) is 0. The smallest absolute Gasteiger partial charge is 0.0650 e. The Morgan fingerprint density at radius 1 is 1.00 bits per heavy atom. The molecule has 0 aliphatic heterocycles. The van der Waals surface area contributed by atoms with Crippen molar-refractivity contribution in [3.63, 3.8) is 0 Å². The van der Waals surface area contributed by atoms with Crippen LogP contribution >= 0.6 is 0 Å². The molecule has 0 aromatic rings. The first-order valence-electron chi connectivity index (χ1n) is 7.08. The van der Waals surface area contributed by atoms with Crippen LogP contribution in [-0.2, 0) is 0 Å². The largest absolute Gasteiger partial charge is 0.390 e. The Kier molecular flexibility index (Phi) is 2.11. The number of aliphatic hydroxyl groups is 1. The van der Waals surface area contributed by atoms with Crippen LogP contribution in [0.15, 0.2) is 0 Å². The molecule has 0 saturated heterocycles. The molecular weight excluding hydrogens is 196 g/mol. The SMILES string of the molecule is CC1CCC2C1[C@@H]1[C@H](CC[C@]2(C)O)C1(C)C. The van der Waals surface area contributed by atoms with Gasteiger partial charge in [0.15, 0.2) is 0 Å². The molecule has 3 fully saturated rings. The second kappa shape index (κ2) is 3.04. The van der Waals surface area contributed by atoms with Gasteiger partial charge in [0, 0.05) is 0 Å². The predicted octanol–water partition coefficient (Wildman–Crippen LogP) is 3.47. The van der Waals surface area contributed by atoms with Gasteiger partial charge < -0.3 is 5.11 Å². The van der Waals surface area contributed by atoms with Gasteiger partial charge in [0.2, 0.25) is 0 Å². The molecule has 0 heterocycles. The van der Waals surface area contributed by atoms with E-state index in [-0.39, 0.29) is 5.60 Å². The fraction of sp³-hybridized carbons (Fsp3) is 1.00. The Morgan fingerprint density at radius 2 is 1.69 bits per heavy atom. The van der Waals surface area contributed by atoms with E-state index in [0.29, 0.717) is 11.3 Å². The van der Waals surface area contributed by atoms with Crippen molar-refractivity contribution in [1.82, 2.24) is 0 Å². The Balaban J connectivity index is 1.94. The van der Waals surface area contributed by atoms with E-state index in [9.17, 15) is 5.11 Å². The van der Waals surface area contributed by atoms with Crippen molar-refractivity contribution >= 4 is 0 Å². The number of fused-ring (bicyclic) bond motifs is 3. The maximum atomic E-state index is 10.7. The molecule has 1 nitrogen and oxygen atoms in total. The average molecular weight is 222 g/mol. The molecule has 0 aromatic heterocycles. The Hall–Kier alpha value is -0.0400. The predicted molar refractivity (Wildman–Crippen MR) is 66.0 cm³/mol. The Morgan fingerprint density at radius 3 is 2.38 bits per heavy atom. The van der Waals surface area contributed by atoms with E-state index in [0.717, 1.165) is 30.1 Å². The van der Waals surface area contributed by atoms with Crippen LogP contribution in [0.1, 0.15) is 53.4 Å². The van der Waals surface area contributed by atoms with Gasteiger partial charge in [-0.2, -0.15) is 0 Å².